The van der Waals surface area contributed by atoms with Crippen LogP contribution < -0.4 is 0 Å². The van der Waals surface area contributed by atoms with E-state index in [-0.39, 0.29) is 11.3 Å². The van der Waals surface area contributed by atoms with Gasteiger partial charge in [-0.15, -0.1) is 11.3 Å². The van der Waals surface area contributed by atoms with Crippen molar-refractivity contribution < 1.29 is 9.59 Å². The quantitative estimate of drug-likeness (QED) is 0.568. The number of carbonyl (C=O) groups is 2. The molecule has 0 N–H and O–H groups in total. The number of rotatable bonds is 6. The van der Waals surface area contributed by atoms with Gasteiger partial charge in [0.05, 0.1) is 13.0 Å². The number of carbonyl (C=O) groups excluding carboxylic acids is 2. The highest BCUT2D eigenvalue weighted by Gasteiger charge is 2.31. The number of hydrogen-bond acceptors (Lipinski definition) is 3. The van der Waals surface area contributed by atoms with Gasteiger partial charge in [-0.25, -0.2) is 0 Å². The minimum atomic E-state index is -1.60. The van der Waals surface area contributed by atoms with Crippen molar-refractivity contribution in [1.82, 2.24) is 0 Å². The van der Waals surface area contributed by atoms with Gasteiger partial charge >= 0.3 is 0 Å². The fourth-order valence-corrected chi connectivity index (χ4v) is 6.12. The van der Waals surface area contributed by atoms with Gasteiger partial charge < -0.3 is 0 Å². The van der Waals surface area contributed by atoms with Crippen LogP contribution >= 0.6 is 11.3 Å². The Morgan fingerprint density at radius 1 is 1.23 bits per heavy atom. The number of ketones is 1. The summed E-state index contributed by atoms with van der Waals surface area (Å²) in [6.07, 6.45) is 1.69. The standard InChI is InChI=1S/C18H22O2SSi/c1-13(20)18(22(2,3)4)16-7-5-6-14(9-16)8-15-10-17(11-19)21-12-15/h5-7,9-12,18H,8H2,1-4H3. The monoisotopic (exact) mass is 330 g/mol. The molecule has 0 saturated carbocycles. The number of thiophene rings is 1. The third-order valence-corrected chi connectivity index (χ3v) is 7.13. The molecule has 1 aromatic heterocycles. The highest BCUT2D eigenvalue weighted by atomic mass is 32.1. The van der Waals surface area contributed by atoms with E-state index in [2.05, 4.69) is 37.8 Å². The van der Waals surface area contributed by atoms with Crippen LogP contribution in [-0.2, 0) is 11.2 Å². The number of Topliss-reactive ketones (excluding diaryl/α,β-unsaturated/α-hetero) is 1. The van der Waals surface area contributed by atoms with E-state index in [1.807, 2.05) is 17.5 Å². The molecule has 2 nitrogen and oxygen atoms in total. The van der Waals surface area contributed by atoms with E-state index < -0.39 is 8.07 Å². The van der Waals surface area contributed by atoms with Gasteiger partial charge in [-0.1, -0.05) is 43.9 Å². The molecule has 116 valence electrons. The zero-order chi connectivity index (χ0) is 16.3. The van der Waals surface area contributed by atoms with Crippen LogP contribution in [0.15, 0.2) is 35.7 Å². The first-order valence-corrected chi connectivity index (χ1v) is 11.9. The van der Waals surface area contributed by atoms with Crippen molar-refractivity contribution in [2.75, 3.05) is 0 Å². The maximum atomic E-state index is 12.1. The topological polar surface area (TPSA) is 34.1 Å². The Morgan fingerprint density at radius 2 is 1.95 bits per heavy atom. The molecule has 0 aliphatic rings. The van der Waals surface area contributed by atoms with Crippen molar-refractivity contribution in [3.8, 4) is 0 Å². The lowest BCUT2D eigenvalue weighted by Crippen LogP contribution is -2.35. The smallest absolute Gasteiger partial charge is 0.160 e. The predicted molar refractivity (Wildman–Crippen MR) is 95.7 cm³/mol. The number of hydrogen-bond donors (Lipinski definition) is 0. The molecule has 1 atom stereocenters. The molecule has 1 unspecified atom stereocenters. The van der Waals surface area contributed by atoms with E-state index >= 15 is 0 Å². The van der Waals surface area contributed by atoms with Gasteiger partial charge in [0.15, 0.2) is 6.29 Å². The Labute approximate surface area is 137 Å². The van der Waals surface area contributed by atoms with Gasteiger partial charge in [0.25, 0.3) is 0 Å². The van der Waals surface area contributed by atoms with Gasteiger partial charge in [0.1, 0.15) is 5.78 Å². The maximum Gasteiger partial charge on any atom is 0.160 e. The van der Waals surface area contributed by atoms with Gasteiger partial charge in [0, 0.05) is 5.54 Å². The molecule has 0 spiro atoms. The molecule has 1 heterocycles. The van der Waals surface area contributed by atoms with Crippen LogP contribution in [0.3, 0.4) is 0 Å². The lowest BCUT2D eigenvalue weighted by molar-refractivity contribution is -0.116. The largest absolute Gasteiger partial charge is 0.300 e. The van der Waals surface area contributed by atoms with Crippen LogP contribution in [-0.4, -0.2) is 20.1 Å². The van der Waals surface area contributed by atoms with Crippen LogP contribution in [0, 0.1) is 0 Å². The molecule has 0 bridgehead atoms. The number of aldehydes is 1. The van der Waals surface area contributed by atoms with Crippen LogP contribution in [0.5, 0.6) is 0 Å². The van der Waals surface area contributed by atoms with Crippen LogP contribution in [0.25, 0.3) is 0 Å². The lowest BCUT2D eigenvalue weighted by atomic mass is 10.0. The van der Waals surface area contributed by atoms with E-state index in [0.717, 1.165) is 28.7 Å². The summed E-state index contributed by atoms with van der Waals surface area (Å²) >= 11 is 1.47. The Kier molecular flexibility index (Phi) is 5.14. The lowest BCUT2D eigenvalue weighted by Gasteiger charge is -2.27. The highest BCUT2D eigenvalue weighted by Crippen LogP contribution is 2.29. The summed E-state index contributed by atoms with van der Waals surface area (Å²) in [5.41, 5.74) is 3.52. The van der Waals surface area contributed by atoms with Crippen molar-refractivity contribution in [3.63, 3.8) is 0 Å². The Morgan fingerprint density at radius 3 is 2.50 bits per heavy atom. The fourth-order valence-electron chi connectivity index (χ4n) is 3.01. The van der Waals surface area contributed by atoms with Crippen molar-refractivity contribution in [3.05, 3.63) is 57.3 Å². The Balaban J connectivity index is 2.29. The third-order valence-electron chi connectivity index (χ3n) is 3.76. The van der Waals surface area contributed by atoms with E-state index in [1.54, 1.807) is 6.92 Å². The third kappa shape index (κ3) is 4.02. The molecule has 0 aliphatic heterocycles. The SMILES string of the molecule is CC(=O)C(c1cccc(Cc2csc(C=O)c2)c1)[Si](C)(C)C. The van der Waals surface area contributed by atoms with Gasteiger partial charge in [-0.05, 0) is 41.5 Å². The van der Waals surface area contributed by atoms with E-state index in [9.17, 15) is 9.59 Å². The molecule has 2 aromatic rings. The van der Waals surface area contributed by atoms with Crippen LogP contribution in [0.2, 0.25) is 19.6 Å². The zero-order valence-corrected chi connectivity index (χ0v) is 15.4. The second-order valence-corrected chi connectivity index (χ2v) is 13.1. The van der Waals surface area contributed by atoms with Crippen molar-refractivity contribution in [2.24, 2.45) is 0 Å². The molecule has 2 rings (SSSR count). The minimum absolute atomic E-state index is 0.0421. The molecule has 22 heavy (non-hydrogen) atoms. The molecule has 0 amide bonds. The average molecular weight is 331 g/mol. The summed E-state index contributed by atoms with van der Waals surface area (Å²) in [4.78, 5) is 23.6. The van der Waals surface area contributed by atoms with Crippen molar-refractivity contribution >= 4 is 31.5 Å². The van der Waals surface area contributed by atoms with Gasteiger partial charge in [-0.2, -0.15) is 0 Å². The Hall–Kier alpha value is -1.52. The molecule has 0 fully saturated rings. The molecule has 0 aliphatic carbocycles. The summed E-state index contributed by atoms with van der Waals surface area (Å²) < 4.78 is 0. The van der Waals surface area contributed by atoms with Crippen molar-refractivity contribution in [1.29, 1.82) is 0 Å². The first kappa shape index (κ1) is 16.8. The average Bonchev–Trinajstić information content (AvgIpc) is 2.84. The molecule has 0 radical (unpaired) electrons. The van der Waals surface area contributed by atoms with Gasteiger partial charge in [0.2, 0.25) is 0 Å². The maximum absolute atomic E-state index is 12.1. The molecule has 4 heteroatoms. The number of benzene rings is 1. The highest BCUT2D eigenvalue weighted by molar-refractivity contribution is 7.11. The van der Waals surface area contributed by atoms with Gasteiger partial charge in [-0.3, -0.25) is 9.59 Å². The second kappa shape index (κ2) is 6.71. The van der Waals surface area contributed by atoms with E-state index in [0.29, 0.717) is 0 Å². The predicted octanol–water partition coefficient (Wildman–Crippen LogP) is 4.70. The zero-order valence-electron chi connectivity index (χ0n) is 13.6. The first-order valence-electron chi connectivity index (χ1n) is 7.43. The van der Waals surface area contributed by atoms with Crippen molar-refractivity contribution in [2.45, 2.75) is 38.5 Å². The summed E-state index contributed by atoms with van der Waals surface area (Å²) in [7, 11) is -1.60. The summed E-state index contributed by atoms with van der Waals surface area (Å²) in [6.45, 7) is 8.41. The fraction of sp³-hybridized carbons (Fsp3) is 0.333. The normalized spacial score (nSPS) is 12.9. The molecular formula is C18H22O2SSi. The molecule has 1 aromatic carbocycles. The summed E-state index contributed by atoms with van der Waals surface area (Å²) in [5, 5.41) is 2.03. The summed E-state index contributed by atoms with van der Waals surface area (Å²) in [5.74, 6) is 0.259. The van der Waals surface area contributed by atoms with Crippen LogP contribution in [0.1, 0.15) is 38.8 Å². The van der Waals surface area contributed by atoms with E-state index in [1.165, 1.54) is 16.9 Å². The Bertz CT molecular complexity index is 682. The molecular weight excluding hydrogens is 308 g/mol. The first-order chi connectivity index (χ1) is 10.3. The summed E-state index contributed by atoms with van der Waals surface area (Å²) in [6, 6.07) is 10.3. The van der Waals surface area contributed by atoms with E-state index in [4.69, 9.17) is 0 Å². The van der Waals surface area contributed by atoms with Crippen LogP contribution in [0.4, 0.5) is 0 Å². The second-order valence-electron chi connectivity index (χ2n) is 6.81. The molecule has 0 saturated heterocycles. The minimum Gasteiger partial charge on any atom is -0.300 e.